The summed E-state index contributed by atoms with van der Waals surface area (Å²) < 4.78 is 1.62. The molecule has 0 aliphatic heterocycles. The molecular weight excluding hydrogens is 444 g/mol. The zero-order valence-corrected chi connectivity index (χ0v) is 20.0. The van der Waals surface area contributed by atoms with Crippen molar-refractivity contribution in [3.63, 3.8) is 0 Å². The molecule has 9 heteroatoms. The Hall–Kier alpha value is -2.65. The van der Waals surface area contributed by atoms with E-state index in [2.05, 4.69) is 10.6 Å². The molecule has 0 radical (unpaired) electrons. The van der Waals surface area contributed by atoms with Crippen molar-refractivity contribution in [2.75, 3.05) is 11.1 Å². The van der Waals surface area contributed by atoms with E-state index in [0.717, 1.165) is 52.6 Å². The van der Waals surface area contributed by atoms with Gasteiger partial charge in [-0.15, -0.1) is 11.3 Å². The van der Waals surface area contributed by atoms with Crippen LogP contribution in [0.3, 0.4) is 0 Å². The number of thioether (sulfide) groups is 1. The maximum atomic E-state index is 13.1. The van der Waals surface area contributed by atoms with Gasteiger partial charge in [-0.2, -0.15) is 0 Å². The van der Waals surface area contributed by atoms with Crippen LogP contribution in [-0.4, -0.2) is 27.2 Å². The van der Waals surface area contributed by atoms with Gasteiger partial charge in [0, 0.05) is 17.1 Å². The first-order valence-corrected chi connectivity index (χ1v) is 12.5. The number of hydrogen-bond donors (Lipinski definition) is 2. The van der Waals surface area contributed by atoms with E-state index in [0.29, 0.717) is 17.4 Å². The van der Waals surface area contributed by atoms with Gasteiger partial charge in [0.05, 0.1) is 11.1 Å². The third kappa shape index (κ3) is 4.59. The van der Waals surface area contributed by atoms with E-state index >= 15 is 0 Å². The van der Waals surface area contributed by atoms with Gasteiger partial charge >= 0.3 is 6.03 Å². The molecule has 32 heavy (non-hydrogen) atoms. The Kier molecular flexibility index (Phi) is 6.66. The molecule has 0 fully saturated rings. The average molecular weight is 471 g/mol. The molecule has 1 aliphatic rings. The third-order valence-electron chi connectivity index (χ3n) is 5.57. The zero-order chi connectivity index (χ0) is 22.8. The molecule has 3 amide bonds. The van der Waals surface area contributed by atoms with E-state index in [4.69, 9.17) is 4.98 Å². The fraction of sp³-hybridized carbons (Fsp3) is 0.391. The molecule has 4 rings (SSSR count). The van der Waals surface area contributed by atoms with Gasteiger partial charge in [0.15, 0.2) is 5.16 Å². The van der Waals surface area contributed by atoms with Gasteiger partial charge in [0.25, 0.3) is 5.56 Å². The number of nitrogens with one attached hydrogen (secondary N) is 2. The molecule has 0 bridgehead atoms. The summed E-state index contributed by atoms with van der Waals surface area (Å²) in [6, 6.07) is 5.09. The summed E-state index contributed by atoms with van der Waals surface area (Å²) in [6.07, 6.45) is 4.18. The van der Waals surface area contributed by atoms with Gasteiger partial charge in [-0.3, -0.25) is 19.5 Å². The average Bonchev–Trinajstić information content (AvgIpc) is 3.13. The summed E-state index contributed by atoms with van der Waals surface area (Å²) in [6.45, 7) is 6.25. The number of carbonyl (C=O) groups excluding carboxylic acids is 2. The van der Waals surface area contributed by atoms with Gasteiger partial charge in [-0.05, 0) is 63.6 Å². The summed E-state index contributed by atoms with van der Waals surface area (Å²) in [5, 5.41) is 6.30. The molecule has 168 valence electrons. The molecule has 3 aromatic rings. The first kappa shape index (κ1) is 22.5. The SMILES string of the molecule is CCn1c(SCC(=O)NC(=O)Nc2ccc(C)cc2C)nc2sc3c(c2c1=O)CCCC3. The standard InChI is InChI=1S/C23H26N4O3S2/c1-4-27-21(29)19-15-7-5-6-8-17(15)32-20(19)26-23(27)31-12-18(28)25-22(30)24-16-10-9-13(2)11-14(16)3/h9-11H,4-8,12H2,1-3H3,(H2,24,25,28,30). The number of benzene rings is 1. The minimum absolute atomic E-state index is 0.0106. The molecule has 0 spiro atoms. The van der Waals surface area contributed by atoms with Crippen LogP contribution >= 0.6 is 23.1 Å². The monoisotopic (exact) mass is 470 g/mol. The molecule has 0 saturated heterocycles. The van der Waals surface area contributed by atoms with Crippen molar-refractivity contribution in [1.29, 1.82) is 0 Å². The van der Waals surface area contributed by atoms with Crippen molar-refractivity contribution in [1.82, 2.24) is 14.9 Å². The molecule has 0 atom stereocenters. The van der Waals surface area contributed by atoms with Crippen molar-refractivity contribution >= 4 is 50.9 Å². The number of urea groups is 1. The minimum atomic E-state index is -0.579. The Morgan fingerprint density at radius 3 is 2.75 bits per heavy atom. The van der Waals surface area contributed by atoms with Gasteiger partial charge < -0.3 is 5.32 Å². The smallest absolute Gasteiger partial charge is 0.307 e. The minimum Gasteiger partial charge on any atom is -0.307 e. The second-order valence-electron chi connectivity index (χ2n) is 7.94. The van der Waals surface area contributed by atoms with Crippen LogP contribution in [-0.2, 0) is 24.2 Å². The van der Waals surface area contributed by atoms with Crippen LogP contribution in [0.4, 0.5) is 10.5 Å². The summed E-state index contributed by atoms with van der Waals surface area (Å²) >= 11 is 2.77. The number of amides is 3. The highest BCUT2D eigenvalue weighted by Gasteiger charge is 2.22. The molecular formula is C23H26N4O3S2. The van der Waals surface area contributed by atoms with Gasteiger partial charge in [-0.25, -0.2) is 9.78 Å². The van der Waals surface area contributed by atoms with Gasteiger partial charge in [0.2, 0.25) is 5.91 Å². The van der Waals surface area contributed by atoms with Gasteiger partial charge in [0.1, 0.15) is 4.83 Å². The van der Waals surface area contributed by atoms with E-state index in [1.54, 1.807) is 15.9 Å². The van der Waals surface area contributed by atoms with Crippen molar-refractivity contribution in [2.24, 2.45) is 0 Å². The van der Waals surface area contributed by atoms with E-state index in [-0.39, 0.29) is 11.3 Å². The molecule has 2 N–H and O–H groups in total. The molecule has 0 saturated carbocycles. The predicted molar refractivity (Wildman–Crippen MR) is 130 cm³/mol. The number of carbonyl (C=O) groups is 2. The molecule has 0 unspecified atom stereocenters. The van der Waals surface area contributed by atoms with E-state index in [1.165, 1.54) is 16.6 Å². The third-order valence-corrected chi connectivity index (χ3v) is 7.73. The maximum Gasteiger partial charge on any atom is 0.325 e. The number of fused-ring (bicyclic) bond motifs is 3. The highest BCUT2D eigenvalue weighted by atomic mass is 32.2. The Bertz CT molecular complexity index is 1260. The lowest BCUT2D eigenvalue weighted by Crippen LogP contribution is -2.35. The van der Waals surface area contributed by atoms with Crippen molar-refractivity contribution in [3.8, 4) is 0 Å². The van der Waals surface area contributed by atoms with Gasteiger partial charge in [-0.1, -0.05) is 29.5 Å². The summed E-state index contributed by atoms with van der Waals surface area (Å²) in [7, 11) is 0. The Morgan fingerprint density at radius 2 is 2.00 bits per heavy atom. The lowest BCUT2D eigenvalue weighted by Gasteiger charge is -2.12. The second kappa shape index (κ2) is 9.46. The molecule has 7 nitrogen and oxygen atoms in total. The summed E-state index contributed by atoms with van der Waals surface area (Å²) in [5.74, 6) is -0.455. The fourth-order valence-corrected chi connectivity index (χ4v) is 6.17. The molecule has 1 aliphatic carbocycles. The van der Waals surface area contributed by atoms with Crippen molar-refractivity contribution < 1.29 is 9.59 Å². The number of nitrogens with zero attached hydrogens (tertiary/aromatic N) is 2. The number of hydrogen-bond acceptors (Lipinski definition) is 6. The van der Waals surface area contributed by atoms with E-state index in [9.17, 15) is 14.4 Å². The molecule has 1 aromatic carbocycles. The summed E-state index contributed by atoms with van der Waals surface area (Å²) in [5.41, 5.74) is 3.80. The van der Waals surface area contributed by atoms with Crippen LogP contribution in [0.2, 0.25) is 0 Å². The maximum absolute atomic E-state index is 13.1. The summed E-state index contributed by atoms with van der Waals surface area (Å²) in [4.78, 5) is 44.5. The Balaban J connectivity index is 1.46. The second-order valence-corrected chi connectivity index (χ2v) is 9.97. The Labute approximate surface area is 194 Å². The fourth-order valence-electron chi connectivity index (χ4n) is 4.01. The normalized spacial score (nSPS) is 13.1. The van der Waals surface area contributed by atoms with Crippen LogP contribution in [0.1, 0.15) is 41.3 Å². The highest BCUT2D eigenvalue weighted by molar-refractivity contribution is 7.99. The lowest BCUT2D eigenvalue weighted by molar-refractivity contribution is -0.117. The topological polar surface area (TPSA) is 93.1 Å². The van der Waals surface area contributed by atoms with Crippen LogP contribution in [0, 0.1) is 13.8 Å². The zero-order valence-electron chi connectivity index (χ0n) is 18.4. The number of imide groups is 1. The highest BCUT2D eigenvalue weighted by Crippen LogP contribution is 2.34. The van der Waals surface area contributed by atoms with Crippen molar-refractivity contribution in [3.05, 3.63) is 50.1 Å². The Morgan fingerprint density at radius 1 is 1.22 bits per heavy atom. The van der Waals surface area contributed by atoms with E-state index in [1.807, 2.05) is 39.0 Å². The van der Waals surface area contributed by atoms with E-state index < -0.39 is 11.9 Å². The van der Waals surface area contributed by atoms with Crippen molar-refractivity contribution in [2.45, 2.75) is 58.2 Å². The lowest BCUT2D eigenvalue weighted by atomic mass is 9.97. The number of aromatic nitrogens is 2. The number of aryl methyl sites for hydroxylation is 4. The predicted octanol–water partition coefficient (Wildman–Crippen LogP) is 4.41. The first-order chi connectivity index (χ1) is 15.4. The quantitative estimate of drug-likeness (QED) is 0.425. The van der Waals surface area contributed by atoms with Crippen LogP contribution in [0.15, 0.2) is 28.2 Å². The van der Waals surface area contributed by atoms with Crippen LogP contribution in [0.25, 0.3) is 10.2 Å². The first-order valence-electron chi connectivity index (χ1n) is 10.7. The number of rotatable bonds is 5. The number of anilines is 1. The van der Waals surface area contributed by atoms with Crippen LogP contribution in [0.5, 0.6) is 0 Å². The van der Waals surface area contributed by atoms with Crippen LogP contribution < -0.4 is 16.2 Å². The number of thiophene rings is 1. The molecule has 2 heterocycles. The largest absolute Gasteiger partial charge is 0.325 e. The molecule has 2 aromatic heterocycles.